The standard InChI is InChI=1S/C18H25N3O3/c22-17(11-14-1-2-14)21-8-4-18(5-9-21)12-15(3-10-23-18)24-16-13-19-6-7-20-16/h6-7,13-15H,1-5,8-12H2. The molecule has 0 N–H and O–H groups in total. The predicted octanol–water partition coefficient (Wildman–Crippen LogP) is 2.20. The van der Waals surface area contributed by atoms with Crippen LogP contribution in [-0.2, 0) is 9.53 Å². The van der Waals surface area contributed by atoms with Crippen LogP contribution in [0.5, 0.6) is 5.88 Å². The average molecular weight is 331 g/mol. The summed E-state index contributed by atoms with van der Waals surface area (Å²) in [4.78, 5) is 22.5. The summed E-state index contributed by atoms with van der Waals surface area (Å²) in [5, 5.41) is 0. The van der Waals surface area contributed by atoms with E-state index in [9.17, 15) is 4.79 Å². The molecule has 1 aromatic heterocycles. The van der Waals surface area contributed by atoms with Gasteiger partial charge in [-0.1, -0.05) is 0 Å². The van der Waals surface area contributed by atoms with Crippen molar-refractivity contribution >= 4 is 5.91 Å². The van der Waals surface area contributed by atoms with E-state index in [4.69, 9.17) is 9.47 Å². The van der Waals surface area contributed by atoms with Crippen LogP contribution in [0.1, 0.15) is 44.9 Å². The van der Waals surface area contributed by atoms with Gasteiger partial charge in [0, 0.05) is 44.7 Å². The smallest absolute Gasteiger partial charge is 0.232 e. The highest BCUT2D eigenvalue weighted by Crippen LogP contribution is 2.37. The maximum absolute atomic E-state index is 12.3. The van der Waals surface area contributed by atoms with Gasteiger partial charge in [0.25, 0.3) is 0 Å². The zero-order valence-electron chi connectivity index (χ0n) is 14.0. The number of aromatic nitrogens is 2. The molecule has 6 nitrogen and oxygen atoms in total. The van der Waals surface area contributed by atoms with Crippen molar-refractivity contribution in [1.29, 1.82) is 0 Å². The number of amides is 1. The van der Waals surface area contributed by atoms with Crippen molar-refractivity contribution < 1.29 is 14.3 Å². The van der Waals surface area contributed by atoms with Gasteiger partial charge in [-0.2, -0.15) is 0 Å². The molecule has 3 heterocycles. The molecule has 1 saturated carbocycles. The third-order valence-corrected chi connectivity index (χ3v) is 5.46. The van der Waals surface area contributed by atoms with Crippen LogP contribution in [0.25, 0.3) is 0 Å². The van der Waals surface area contributed by atoms with Crippen molar-refractivity contribution in [2.24, 2.45) is 5.92 Å². The Morgan fingerprint density at radius 1 is 1.29 bits per heavy atom. The normalized spacial score (nSPS) is 26.3. The number of piperidine rings is 1. The van der Waals surface area contributed by atoms with Gasteiger partial charge in [0.1, 0.15) is 6.10 Å². The summed E-state index contributed by atoms with van der Waals surface area (Å²) in [6.07, 6.45) is 11.8. The number of hydrogen-bond acceptors (Lipinski definition) is 5. The van der Waals surface area contributed by atoms with Gasteiger partial charge in [0.2, 0.25) is 11.8 Å². The fourth-order valence-electron chi connectivity index (χ4n) is 3.81. The van der Waals surface area contributed by atoms with Crippen LogP contribution in [0.2, 0.25) is 0 Å². The summed E-state index contributed by atoms with van der Waals surface area (Å²) < 4.78 is 12.1. The number of carbonyl (C=O) groups excluding carboxylic acids is 1. The first-order valence-electron chi connectivity index (χ1n) is 9.07. The van der Waals surface area contributed by atoms with E-state index in [0.717, 1.165) is 45.2 Å². The molecular weight excluding hydrogens is 306 g/mol. The maximum Gasteiger partial charge on any atom is 0.232 e. The highest BCUT2D eigenvalue weighted by atomic mass is 16.5. The molecule has 130 valence electrons. The topological polar surface area (TPSA) is 64.6 Å². The fraction of sp³-hybridized carbons (Fsp3) is 0.722. The summed E-state index contributed by atoms with van der Waals surface area (Å²) in [5.74, 6) is 1.57. The number of nitrogens with zero attached hydrogens (tertiary/aromatic N) is 3. The SMILES string of the molecule is O=C(CC1CC1)N1CCC2(CC1)CC(Oc1cnccn1)CCO2. The van der Waals surface area contributed by atoms with Gasteiger partial charge < -0.3 is 14.4 Å². The number of likely N-dealkylation sites (tertiary alicyclic amines) is 1. The Balaban J connectivity index is 1.31. The first-order valence-corrected chi connectivity index (χ1v) is 9.07. The average Bonchev–Trinajstić information content (AvgIpc) is 3.40. The Morgan fingerprint density at radius 2 is 2.12 bits per heavy atom. The summed E-state index contributed by atoms with van der Waals surface area (Å²) >= 11 is 0. The van der Waals surface area contributed by atoms with E-state index in [-0.39, 0.29) is 11.7 Å². The van der Waals surface area contributed by atoms with Crippen molar-refractivity contribution in [3.05, 3.63) is 18.6 Å². The third-order valence-electron chi connectivity index (χ3n) is 5.46. The minimum atomic E-state index is -0.137. The van der Waals surface area contributed by atoms with Crippen LogP contribution in [-0.4, -0.2) is 52.2 Å². The maximum atomic E-state index is 12.3. The van der Waals surface area contributed by atoms with E-state index >= 15 is 0 Å². The Labute approximate surface area is 142 Å². The molecule has 1 spiro atoms. The van der Waals surface area contributed by atoms with E-state index in [1.165, 1.54) is 12.8 Å². The van der Waals surface area contributed by atoms with Crippen molar-refractivity contribution in [2.75, 3.05) is 19.7 Å². The molecule has 4 rings (SSSR count). The molecule has 2 saturated heterocycles. The Hall–Kier alpha value is -1.69. The second-order valence-corrected chi connectivity index (χ2v) is 7.34. The predicted molar refractivity (Wildman–Crippen MR) is 87.5 cm³/mol. The van der Waals surface area contributed by atoms with E-state index in [1.807, 2.05) is 4.90 Å². The number of hydrogen-bond donors (Lipinski definition) is 0. The Morgan fingerprint density at radius 3 is 2.83 bits per heavy atom. The van der Waals surface area contributed by atoms with E-state index in [1.54, 1.807) is 18.6 Å². The van der Waals surface area contributed by atoms with Crippen LogP contribution in [0.15, 0.2) is 18.6 Å². The third kappa shape index (κ3) is 3.69. The van der Waals surface area contributed by atoms with E-state index in [0.29, 0.717) is 24.3 Å². The lowest BCUT2D eigenvalue weighted by molar-refractivity contribution is -0.152. The van der Waals surface area contributed by atoms with Gasteiger partial charge in [-0.05, 0) is 31.6 Å². The fourth-order valence-corrected chi connectivity index (χ4v) is 3.81. The van der Waals surface area contributed by atoms with Gasteiger partial charge in [0.05, 0.1) is 18.4 Å². The lowest BCUT2D eigenvalue weighted by Gasteiger charge is -2.45. The molecule has 1 aliphatic carbocycles. The zero-order valence-corrected chi connectivity index (χ0v) is 14.0. The lowest BCUT2D eigenvalue weighted by atomic mass is 9.83. The van der Waals surface area contributed by atoms with Crippen LogP contribution >= 0.6 is 0 Å². The molecule has 0 aromatic carbocycles. The van der Waals surface area contributed by atoms with E-state index < -0.39 is 0 Å². The molecule has 1 atom stereocenters. The molecule has 1 unspecified atom stereocenters. The molecule has 0 radical (unpaired) electrons. The van der Waals surface area contributed by atoms with Crippen molar-refractivity contribution in [3.63, 3.8) is 0 Å². The van der Waals surface area contributed by atoms with Gasteiger partial charge in [-0.15, -0.1) is 0 Å². The number of rotatable bonds is 4. The summed E-state index contributed by atoms with van der Waals surface area (Å²) in [5.41, 5.74) is -0.137. The molecular formula is C18H25N3O3. The first-order chi connectivity index (χ1) is 11.7. The molecule has 3 aliphatic rings. The highest BCUT2D eigenvalue weighted by Gasteiger charge is 2.42. The van der Waals surface area contributed by atoms with Crippen molar-refractivity contribution in [2.45, 2.75) is 56.7 Å². The largest absolute Gasteiger partial charge is 0.473 e. The van der Waals surface area contributed by atoms with Crippen LogP contribution in [0, 0.1) is 5.92 Å². The molecule has 24 heavy (non-hydrogen) atoms. The monoisotopic (exact) mass is 331 g/mol. The van der Waals surface area contributed by atoms with Crippen molar-refractivity contribution in [1.82, 2.24) is 14.9 Å². The molecule has 1 amide bonds. The summed E-state index contributed by atoms with van der Waals surface area (Å²) in [6.45, 7) is 2.33. The first kappa shape index (κ1) is 15.8. The van der Waals surface area contributed by atoms with E-state index in [2.05, 4.69) is 9.97 Å². The molecule has 3 fully saturated rings. The second-order valence-electron chi connectivity index (χ2n) is 7.34. The van der Waals surface area contributed by atoms with Crippen LogP contribution in [0.4, 0.5) is 0 Å². The van der Waals surface area contributed by atoms with Gasteiger partial charge in [-0.25, -0.2) is 4.98 Å². The number of carbonyl (C=O) groups is 1. The summed E-state index contributed by atoms with van der Waals surface area (Å²) in [7, 11) is 0. The lowest BCUT2D eigenvalue weighted by Crippen LogP contribution is -2.52. The Kier molecular flexibility index (Phi) is 4.39. The molecule has 6 heteroatoms. The van der Waals surface area contributed by atoms with Crippen LogP contribution < -0.4 is 4.74 Å². The zero-order chi connectivity index (χ0) is 16.4. The Bertz CT molecular complexity index is 568. The summed E-state index contributed by atoms with van der Waals surface area (Å²) in [6, 6.07) is 0. The molecule has 0 bridgehead atoms. The van der Waals surface area contributed by atoms with Crippen LogP contribution in [0.3, 0.4) is 0 Å². The van der Waals surface area contributed by atoms with Gasteiger partial charge in [0.15, 0.2) is 0 Å². The second kappa shape index (κ2) is 6.67. The molecule has 2 aliphatic heterocycles. The van der Waals surface area contributed by atoms with Gasteiger partial charge >= 0.3 is 0 Å². The minimum absolute atomic E-state index is 0.115. The molecule has 1 aromatic rings. The quantitative estimate of drug-likeness (QED) is 0.846. The highest BCUT2D eigenvalue weighted by molar-refractivity contribution is 5.76. The minimum Gasteiger partial charge on any atom is -0.473 e. The number of ether oxygens (including phenoxy) is 2. The van der Waals surface area contributed by atoms with Gasteiger partial charge in [-0.3, -0.25) is 9.78 Å². The van der Waals surface area contributed by atoms with Crippen molar-refractivity contribution in [3.8, 4) is 5.88 Å².